The van der Waals surface area contributed by atoms with Crippen LogP contribution in [0.3, 0.4) is 0 Å². The van der Waals surface area contributed by atoms with E-state index in [-0.39, 0.29) is 17.5 Å². The molecule has 1 heterocycles. The van der Waals surface area contributed by atoms with Crippen molar-refractivity contribution in [3.63, 3.8) is 0 Å². The molecule has 0 aromatic carbocycles. The highest BCUT2D eigenvalue weighted by Crippen LogP contribution is 2.23. The fourth-order valence-electron chi connectivity index (χ4n) is 2.57. The van der Waals surface area contributed by atoms with Gasteiger partial charge in [-0.3, -0.25) is 4.79 Å². The van der Waals surface area contributed by atoms with Crippen molar-refractivity contribution < 1.29 is 4.79 Å². The molecule has 3 heteroatoms. The van der Waals surface area contributed by atoms with Gasteiger partial charge in [-0.25, -0.2) is 0 Å². The minimum atomic E-state index is -0.147. The Morgan fingerprint density at radius 2 is 2.17 bits per heavy atom. The van der Waals surface area contributed by atoms with Crippen LogP contribution in [0, 0.1) is 5.92 Å². The zero-order valence-corrected chi connectivity index (χ0v) is 12.3. The summed E-state index contributed by atoms with van der Waals surface area (Å²) in [5, 5.41) is 3.37. The van der Waals surface area contributed by atoms with Crippen LogP contribution in [0.15, 0.2) is 12.7 Å². The zero-order valence-electron chi connectivity index (χ0n) is 12.3. The van der Waals surface area contributed by atoms with Gasteiger partial charge in [-0.05, 0) is 46.1 Å². The number of rotatable bonds is 4. The summed E-state index contributed by atoms with van der Waals surface area (Å²) >= 11 is 0. The third-order valence-electron chi connectivity index (χ3n) is 3.78. The van der Waals surface area contributed by atoms with Crippen LogP contribution in [-0.2, 0) is 4.79 Å². The highest BCUT2D eigenvalue weighted by molar-refractivity contribution is 5.82. The maximum atomic E-state index is 12.6. The molecule has 18 heavy (non-hydrogen) atoms. The van der Waals surface area contributed by atoms with Crippen molar-refractivity contribution >= 4 is 5.91 Å². The van der Waals surface area contributed by atoms with Gasteiger partial charge in [0.2, 0.25) is 5.91 Å². The molecule has 1 fully saturated rings. The Labute approximate surface area is 112 Å². The lowest BCUT2D eigenvalue weighted by Crippen LogP contribution is -2.55. The second-order valence-corrected chi connectivity index (χ2v) is 6.21. The maximum absolute atomic E-state index is 12.6. The molecule has 0 aromatic rings. The van der Waals surface area contributed by atoms with Gasteiger partial charge in [-0.1, -0.05) is 19.4 Å². The molecule has 1 amide bonds. The molecule has 2 unspecified atom stereocenters. The second-order valence-electron chi connectivity index (χ2n) is 6.21. The lowest BCUT2D eigenvalue weighted by atomic mass is 9.89. The number of nitrogens with one attached hydrogen (secondary N) is 1. The second kappa shape index (κ2) is 6.37. The molecule has 3 nitrogen and oxygen atoms in total. The van der Waals surface area contributed by atoms with Crippen LogP contribution in [0.5, 0.6) is 0 Å². The van der Waals surface area contributed by atoms with E-state index in [0.29, 0.717) is 12.5 Å². The van der Waals surface area contributed by atoms with Gasteiger partial charge in [0.05, 0.1) is 6.04 Å². The number of carbonyl (C=O) groups excluding carboxylic acids is 1. The Morgan fingerprint density at radius 1 is 1.50 bits per heavy atom. The summed E-state index contributed by atoms with van der Waals surface area (Å²) < 4.78 is 0. The summed E-state index contributed by atoms with van der Waals surface area (Å²) in [5.74, 6) is 0.909. The van der Waals surface area contributed by atoms with E-state index in [1.165, 1.54) is 12.8 Å². The first-order valence-electron chi connectivity index (χ1n) is 7.06. The molecular formula is C15H28N2O. The van der Waals surface area contributed by atoms with Gasteiger partial charge in [-0.15, -0.1) is 6.58 Å². The van der Waals surface area contributed by atoms with Crippen molar-refractivity contribution in [2.24, 2.45) is 5.92 Å². The van der Waals surface area contributed by atoms with E-state index in [1.807, 2.05) is 11.0 Å². The fourth-order valence-corrected chi connectivity index (χ4v) is 2.57. The van der Waals surface area contributed by atoms with E-state index in [2.05, 4.69) is 39.6 Å². The summed E-state index contributed by atoms with van der Waals surface area (Å²) in [4.78, 5) is 14.5. The highest BCUT2D eigenvalue weighted by Gasteiger charge is 2.33. The van der Waals surface area contributed by atoms with Gasteiger partial charge in [0.1, 0.15) is 0 Å². The van der Waals surface area contributed by atoms with Crippen LogP contribution in [0.4, 0.5) is 0 Å². The van der Waals surface area contributed by atoms with Gasteiger partial charge >= 0.3 is 0 Å². The molecule has 0 bridgehead atoms. The van der Waals surface area contributed by atoms with Crippen LogP contribution >= 0.6 is 0 Å². The summed E-state index contributed by atoms with van der Waals surface area (Å²) in [6.07, 6.45) is 5.14. The van der Waals surface area contributed by atoms with Crippen molar-refractivity contribution in [2.75, 3.05) is 13.1 Å². The number of nitrogens with zero attached hydrogens (tertiary/aromatic N) is 1. The number of carbonyl (C=O) groups is 1. The molecule has 1 saturated heterocycles. The van der Waals surface area contributed by atoms with Gasteiger partial charge in [0.15, 0.2) is 0 Å². The minimum absolute atomic E-state index is 0.0112. The first-order valence-corrected chi connectivity index (χ1v) is 7.06. The minimum Gasteiger partial charge on any atom is -0.333 e. The Morgan fingerprint density at radius 3 is 2.67 bits per heavy atom. The monoisotopic (exact) mass is 252 g/mol. The summed E-state index contributed by atoms with van der Waals surface area (Å²) in [6, 6.07) is -0.0112. The van der Waals surface area contributed by atoms with Crippen LogP contribution in [-0.4, -0.2) is 35.5 Å². The first kappa shape index (κ1) is 15.2. The molecule has 0 radical (unpaired) electrons. The maximum Gasteiger partial charge on any atom is 0.240 e. The van der Waals surface area contributed by atoms with Crippen molar-refractivity contribution in [1.82, 2.24) is 10.2 Å². The zero-order chi connectivity index (χ0) is 13.8. The average molecular weight is 252 g/mol. The molecule has 2 atom stereocenters. The van der Waals surface area contributed by atoms with Gasteiger partial charge < -0.3 is 10.2 Å². The molecule has 0 saturated carbocycles. The molecule has 0 spiro atoms. The quantitative estimate of drug-likeness (QED) is 0.780. The smallest absolute Gasteiger partial charge is 0.240 e. The standard InChI is InChI=1S/C15H28N2O/c1-6-10-17(15(3,4)5)14(18)13-11-12(7-2)8-9-16-13/h6,12-13,16H,1,7-11H2,2-5H3. The van der Waals surface area contributed by atoms with E-state index >= 15 is 0 Å². The predicted octanol–water partition coefficient (Wildman–Crippen LogP) is 2.58. The van der Waals surface area contributed by atoms with Gasteiger partial charge in [-0.2, -0.15) is 0 Å². The van der Waals surface area contributed by atoms with Crippen LogP contribution < -0.4 is 5.32 Å². The van der Waals surface area contributed by atoms with Crippen molar-refractivity contribution in [1.29, 1.82) is 0 Å². The van der Waals surface area contributed by atoms with E-state index in [0.717, 1.165) is 13.0 Å². The third kappa shape index (κ3) is 3.84. The molecule has 0 aliphatic carbocycles. The SMILES string of the molecule is C=CCN(C(=O)C1CC(CC)CCN1)C(C)(C)C. The molecule has 1 aliphatic heterocycles. The van der Waals surface area contributed by atoms with E-state index < -0.39 is 0 Å². The Kier molecular flexibility index (Phi) is 5.39. The normalized spacial score (nSPS) is 24.7. The summed E-state index contributed by atoms with van der Waals surface area (Å²) in [6.45, 7) is 13.8. The summed E-state index contributed by atoms with van der Waals surface area (Å²) in [7, 11) is 0. The molecular weight excluding hydrogens is 224 g/mol. The Balaban J connectivity index is 2.73. The highest BCUT2D eigenvalue weighted by atomic mass is 16.2. The topological polar surface area (TPSA) is 32.3 Å². The van der Waals surface area contributed by atoms with E-state index in [4.69, 9.17) is 0 Å². The number of hydrogen-bond acceptors (Lipinski definition) is 2. The number of hydrogen-bond donors (Lipinski definition) is 1. The first-order chi connectivity index (χ1) is 8.40. The lowest BCUT2D eigenvalue weighted by Gasteiger charge is -2.39. The van der Waals surface area contributed by atoms with Gasteiger partial charge in [0, 0.05) is 12.1 Å². The third-order valence-corrected chi connectivity index (χ3v) is 3.78. The van der Waals surface area contributed by atoms with Gasteiger partial charge in [0.25, 0.3) is 0 Å². The van der Waals surface area contributed by atoms with E-state index in [1.54, 1.807) is 0 Å². The molecule has 1 N–H and O–H groups in total. The molecule has 1 aliphatic rings. The Hall–Kier alpha value is -0.830. The molecule has 104 valence electrons. The van der Waals surface area contributed by atoms with Crippen LogP contribution in [0.1, 0.15) is 47.0 Å². The lowest BCUT2D eigenvalue weighted by molar-refractivity contribution is -0.138. The van der Waals surface area contributed by atoms with Crippen LogP contribution in [0.2, 0.25) is 0 Å². The van der Waals surface area contributed by atoms with E-state index in [9.17, 15) is 4.79 Å². The molecule has 0 aromatic heterocycles. The average Bonchev–Trinajstić information content (AvgIpc) is 2.34. The molecule has 1 rings (SSSR count). The largest absolute Gasteiger partial charge is 0.333 e. The van der Waals surface area contributed by atoms with Crippen LogP contribution in [0.25, 0.3) is 0 Å². The number of piperidine rings is 1. The fraction of sp³-hybridized carbons (Fsp3) is 0.800. The Bertz CT molecular complexity index is 293. The predicted molar refractivity (Wildman–Crippen MR) is 76.5 cm³/mol. The van der Waals surface area contributed by atoms with Crippen molar-refractivity contribution in [3.05, 3.63) is 12.7 Å². The van der Waals surface area contributed by atoms with Crippen molar-refractivity contribution in [3.8, 4) is 0 Å². The summed E-state index contributed by atoms with van der Waals surface area (Å²) in [5.41, 5.74) is -0.147. The van der Waals surface area contributed by atoms with Crippen molar-refractivity contribution in [2.45, 2.75) is 58.5 Å². The number of amides is 1.